The van der Waals surface area contributed by atoms with Crippen LogP contribution in [0.5, 0.6) is 5.75 Å². The molecule has 0 bridgehead atoms. The van der Waals surface area contributed by atoms with Gasteiger partial charge in [-0.05, 0) is 76.1 Å². The number of nitrogens with one attached hydrogen (secondary N) is 1. The van der Waals surface area contributed by atoms with Crippen LogP contribution in [-0.2, 0) is 11.2 Å². The van der Waals surface area contributed by atoms with Crippen molar-refractivity contribution in [3.8, 4) is 17.6 Å². The summed E-state index contributed by atoms with van der Waals surface area (Å²) in [5.41, 5.74) is 2.90. The Hall–Kier alpha value is -2.73. The van der Waals surface area contributed by atoms with E-state index in [-0.39, 0.29) is 17.6 Å². The van der Waals surface area contributed by atoms with E-state index in [9.17, 15) is 4.79 Å². The van der Waals surface area contributed by atoms with Gasteiger partial charge in [-0.1, -0.05) is 24.0 Å². The summed E-state index contributed by atoms with van der Waals surface area (Å²) in [6.45, 7) is 9.63. The molecule has 2 rings (SSSR count). The number of carbonyl (C=O) groups is 1. The topological polar surface area (TPSA) is 38.3 Å². The van der Waals surface area contributed by atoms with Crippen molar-refractivity contribution in [2.24, 2.45) is 0 Å². The van der Waals surface area contributed by atoms with Gasteiger partial charge in [0.25, 0.3) is 0 Å². The molecule has 0 saturated carbocycles. The van der Waals surface area contributed by atoms with Crippen molar-refractivity contribution in [2.75, 3.05) is 0 Å². The molecular weight excluding hydrogens is 322 g/mol. The molecule has 1 unspecified atom stereocenters. The molecule has 2 aromatic carbocycles. The number of hydrogen-bond acceptors (Lipinski definition) is 2. The van der Waals surface area contributed by atoms with Gasteiger partial charge in [-0.15, -0.1) is 0 Å². The molecule has 26 heavy (non-hydrogen) atoms. The Morgan fingerprint density at radius 3 is 1.96 bits per heavy atom. The molecule has 3 nitrogen and oxygen atoms in total. The van der Waals surface area contributed by atoms with Crippen molar-refractivity contribution in [2.45, 2.75) is 52.7 Å². The first-order valence-corrected chi connectivity index (χ1v) is 8.88. The number of hydrogen-bond donors (Lipinski definition) is 1. The Balaban J connectivity index is 1.98. The van der Waals surface area contributed by atoms with Crippen LogP contribution in [-0.4, -0.2) is 17.6 Å². The Kier molecular flexibility index (Phi) is 6.46. The summed E-state index contributed by atoms with van der Waals surface area (Å²) in [6, 6.07) is 16.1. The van der Waals surface area contributed by atoms with Gasteiger partial charge in [-0.2, -0.15) is 0 Å². The molecule has 136 valence electrons. The zero-order chi connectivity index (χ0) is 19.2. The van der Waals surface area contributed by atoms with Crippen LogP contribution in [0.15, 0.2) is 48.5 Å². The molecule has 0 radical (unpaired) electrons. The lowest BCUT2D eigenvalue weighted by Crippen LogP contribution is -2.31. The predicted molar refractivity (Wildman–Crippen MR) is 106 cm³/mol. The van der Waals surface area contributed by atoms with Gasteiger partial charge in [0.1, 0.15) is 11.4 Å². The Morgan fingerprint density at radius 1 is 1.00 bits per heavy atom. The molecule has 2 aromatic rings. The quantitative estimate of drug-likeness (QED) is 0.834. The fraction of sp³-hybridized carbons (Fsp3) is 0.348. The predicted octanol–water partition coefficient (Wildman–Crippen LogP) is 4.33. The van der Waals surface area contributed by atoms with Gasteiger partial charge in [-0.3, -0.25) is 4.79 Å². The minimum atomic E-state index is -0.202. The van der Waals surface area contributed by atoms with Gasteiger partial charge in [0.15, 0.2) is 0 Å². The summed E-state index contributed by atoms with van der Waals surface area (Å²) in [6.07, 6.45) is 0.808. The van der Waals surface area contributed by atoms with Crippen LogP contribution in [0, 0.1) is 11.8 Å². The van der Waals surface area contributed by atoms with Gasteiger partial charge in [0, 0.05) is 24.1 Å². The fourth-order valence-electron chi connectivity index (χ4n) is 2.58. The Morgan fingerprint density at radius 2 is 1.50 bits per heavy atom. The van der Waals surface area contributed by atoms with Crippen molar-refractivity contribution >= 4 is 5.91 Å². The number of carbonyl (C=O) groups excluding carboxylic acids is 1. The van der Waals surface area contributed by atoms with E-state index < -0.39 is 0 Å². The normalized spacial score (nSPS) is 11.9. The van der Waals surface area contributed by atoms with Crippen molar-refractivity contribution in [3.05, 3.63) is 65.2 Å². The lowest BCUT2D eigenvalue weighted by Gasteiger charge is -2.21. The van der Waals surface area contributed by atoms with Crippen molar-refractivity contribution in [1.82, 2.24) is 5.32 Å². The first-order chi connectivity index (χ1) is 12.2. The van der Waals surface area contributed by atoms with Gasteiger partial charge in [0.2, 0.25) is 5.91 Å². The second-order valence-corrected chi connectivity index (χ2v) is 7.49. The molecule has 0 aliphatic rings. The molecule has 1 N–H and O–H groups in total. The van der Waals surface area contributed by atoms with E-state index in [1.165, 1.54) is 12.5 Å². The highest BCUT2D eigenvalue weighted by Gasteiger charge is 2.11. The highest BCUT2D eigenvalue weighted by molar-refractivity contribution is 5.73. The third kappa shape index (κ3) is 7.03. The van der Waals surface area contributed by atoms with Gasteiger partial charge in [-0.25, -0.2) is 0 Å². The van der Waals surface area contributed by atoms with E-state index in [2.05, 4.69) is 29.3 Å². The smallest absolute Gasteiger partial charge is 0.217 e. The fourth-order valence-corrected chi connectivity index (χ4v) is 2.58. The summed E-state index contributed by atoms with van der Waals surface area (Å²) in [5, 5.41) is 2.89. The molecular formula is C23H27NO2. The summed E-state index contributed by atoms with van der Waals surface area (Å²) in [4.78, 5) is 11.1. The average molecular weight is 349 g/mol. The maximum atomic E-state index is 11.1. The van der Waals surface area contributed by atoms with E-state index >= 15 is 0 Å². The van der Waals surface area contributed by atoms with Crippen LogP contribution in [0.1, 0.15) is 51.3 Å². The van der Waals surface area contributed by atoms with E-state index in [0.717, 1.165) is 23.3 Å². The van der Waals surface area contributed by atoms with E-state index in [0.29, 0.717) is 0 Å². The lowest BCUT2D eigenvalue weighted by atomic mass is 10.0. The zero-order valence-electron chi connectivity index (χ0n) is 16.2. The maximum absolute atomic E-state index is 11.1. The standard InChI is InChI=1S/C23H27NO2/c1-17(24-18(2)25)16-21-10-8-19(9-11-21)6-7-20-12-14-22(15-13-20)26-23(3,4)5/h8-15,17H,16H2,1-5H3,(H,24,25). The number of amides is 1. The van der Waals surface area contributed by atoms with Gasteiger partial charge >= 0.3 is 0 Å². The van der Waals surface area contributed by atoms with Crippen molar-refractivity contribution in [1.29, 1.82) is 0 Å². The van der Waals surface area contributed by atoms with E-state index in [1.807, 2.05) is 64.1 Å². The third-order valence-corrected chi connectivity index (χ3v) is 3.58. The van der Waals surface area contributed by atoms with Gasteiger partial charge < -0.3 is 10.1 Å². The molecule has 0 aliphatic carbocycles. The number of ether oxygens (including phenoxy) is 1. The van der Waals surface area contributed by atoms with E-state index in [4.69, 9.17) is 4.74 Å². The van der Waals surface area contributed by atoms with Crippen LogP contribution in [0.25, 0.3) is 0 Å². The molecule has 1 amide bonds. The molecule has 0 aromatic heterocycles. The first-order valence-electron chi connectivity index (χ1n) is 8.88. The van der Waals surface area contributed by atoms with Crippen LogP contribution in [0.4, 0.5) is 0 Å². The van der Waals surface area contributed by atoms with Gasteiger partial charge in [0.05, 0.1) is 0 Å². The SMILES string of the molecule is CC(=O)NC(C)Cc1ccc(C#Cc2ccc(OC(C)(C)C)cc2)cc1. The molecule has 0 spiro atoms. The lowest BCUT2D eigenvalue weighted by molar-refractivity contribution is -0.119. The third-order valence-electron chi connectivity index (χ3n) is 3.58. The minimum Gasteiger partial charge on any atom is -0.488 e. The molecule has 0 heterocycles. The number of benzene rings is 2. The maximum Gasteiger partial charge on any atom is 0.217 e. The highest BCUT2D eigenvalue weighted by Crippen LogP contribution is 2.18. The second-order valence-electron chi connectivity index (χ2n) is 7.49. The Labute approximate surface area is 156 Å². The molecule has 0 aliphatic heterocycles. The molecule has 1 atom stereocenters. The van der Waals surface area contributed by atoms with Crippen LogP contribution in [0.3, 0.4) is 0 Å². The second kappa shape index (κ2) is 8.58. The van der Waals surface area contributed by atoms with Crippen LogP contribution >= 0.6 is 0 Å². The monoisotopic (exact) mass is 349 g/mol. The summed E-state index contributed by atoms with van der Waals surface area (Å²) < 4.78 is 5.81. The van der Waals surface area contributed by atoms with Crippen LogP contribution < -0.4 is 10.1 Å². The summed E-state index contributed by atoms with van der Waals surface area (Å²) in [5.74, 6) is 7.20. The zero-order valence-corrected chi connectivity index (χ0v) is 16.2. The minimum absolute atomic E-state index is 0.00101. The summed E-state index contributed by atoms with van der Waals surface area (Å²) >= 11 is 0. The largest absolute Gasteiger partial charge is 0.488 e. The Bertz CT molecular complexity index is 787. The van der Waals surface area contributed by atoms with E-state index in [1.54, 1.807) is 0 Å². The van der Waals surface area contributed by atoms with Crippen molar-refractivity contribution < 1.29 is 9.53 Å². The van der Waals surface area contributed by atoms with Crippen LogP contribution in [0.2, 0.25) is 0 Å². The first kappa shape index (κ1) is 19.6. The molecule has 3 heteroatoms. The molecule has 0 fully saturated rings. The molecule has 0 saturated heterocycles. The average Bonchev–Trinajstić information content (AvgIpc) is 2.53. The summed E-state index contributed by atoms with van der Waals surface area (Å²) in [7, 11) is 0. The highest BCUT2D eigenvalue weighted by atomic mass is 16.5. The van der Waals surface area contributed by atoms with Crippen molar-refractivity contribution in [3.63, 3.8) is 0 Å². The number of rotatable bonds is 4.